The largest absolute Gasteiger partial charge is 0.456 e. The number of furan rings is 2. The van der Waals surface area contributed by atoms with E-state index in [4.69, 9.17) is 23.8 Å². The smallest absolute Gasteiger partial charge is 0.164 e. The topological polar surface area (TPSA) is 65.0 Å². The van der Waals surface area contributed by atoms with Gasteiger partial charge in [0.25, 0.3) is 0 Å². The molecule has 0 bridgehead atoms. The van der Waals surface area contributed by atoms with E-state index in [1.165, 1.54) is 0 Å². The number of nitrogens with zero attached hydrogens (tertiary/aromatic N) is 3. The van der Waals surface area contributed by atoms with Crippen molar-refractivity contribution < 1.29 is 8.83 Å². The van der Waals surface area contributed by atoms with Gasteiger partial charge >= 0.3 is 0 Å². The maximum absolute atomic E-state index is 6.75. The van der Waals surface area contributed by atoms with E-state index < -0.39 is 0 Å². The van der Waals surface area contributed by atoms with Gasteiger partial charge in [-0.25, -0.2) is 15.0 Å². The van der Waals surface area contributed by atoms with E-state index in [1.807, 2.05) is 72.8 Å². The molecule has 0 N–H and O–H groups in total. The summed E-state index contributed by atoms with van der Waals surface area (Å²) in [6.07, 6.45) is 0. The van der Waals surface area contributed by atoms with Crippen LogP contribution in [0.25, 0.3) is 123 Å². The standard InChI is InChI=1S/C57H35N3O2/c1-4-15-36(16-5-1)41-33-42(37-17-6-2-7-18-37)35-43(34-41)57-59-55(39-19-8-3-9-20-39)58-56(60-57)40-29-27-38(28-30-40)44-31-32-46(53-48-22-11-13-25-50(48)62-54(44)53)45-23-14-26-51-52(45)47-21-10-12-24-49(47)61-51/h1-35H. The van der Waals surface area contributed by atoms with Crippen molar-refractivity contribution in [2.75, 3.05) is 0 Å². The van der Waals surface area contributed by atoms with E-state index in [1.54, 1.807) is 0 Å². The Kier molecular flexibility index (Phi) is 8.42. The summed E-state index contributed by atoms with van der Waals surface area (Å²) in [5.74, 6) is 1.81. The lowest BCUT2D eigenvalue weighted by atomic mass is 9.92. The summed E-state index contributed by atoms with van der Waals surface area (Å²) in [5, 5.41) is 4.33. The fourth-order valence-corrected chi connectivity index (χ4v) is 8.78. The van der Waals surface area contributed by atoms with E-state index in [0.717, 1.165) is 105 Å². The van der Waals surface area contributed by atoms with Gasteiger partial charge in [-0.3, -0.25) is 0 Å². The van der Waals surface area contributed by atoms with E-state index in [2.05, 4.69) is 140 Å². The van der Waals surface area contributed by atoms with Crippen LogP contribution in [0.1, 0.15) is 0 Å². The van der Waals surface area contributed by atoms with Crippen LogP contribution in [-0.4, -0.2) is 15.0 Å². The highest BCUT2D eigenvalue weighted by atomic mass is 16.3. The Morgan fingerprint density at radius 3 is 1.32 bits per heavy atom. The number of hydrogen-bond donors (Lipinski definition) is 0. The van der Waals surface area contributed by atoms with Gasteiger partial charge < -0.3 is 8.83 Å². The number of aromatic nitrogens is 3. The van der Waals surface area contributed by atoms with Gasteiger partial charge in [-0.15, -0.1) is 0 Å². The van der Waals surface area contributed by atoms with Gasteiger partial charge in [0, 0.05) is 43.8 Å². The quantitative estimate of drug-likeness (QED) is 0.161. The Bertz CT molecular complexity index is 3550. The molecule has 0 amide bonds. The summed E-state index contributed by atoms with van der Waals surface area (Å²) in [5.41, 5.74) is 14.8. The minimum absolute atomic E-state index is 0.594. The predicted molar refractivity (Wildman–Crippen MR) is 252 cm³/mol. The lowest BCUT2D eigenvalue weighted by molar-refractivity contribution is 0.668. The van der Waals surface area contributed by atoms with Crippen LogP contribution in [0.4, 0.5) is 0 Å². The molecule has 0 saturated carbocycles. The van der Waals surface area contributed by atoms with Crippen LogP contribution in [0.3, 0.4) is 0 Å². The van der Waals surface area contributed by atoms with Crippen molar-refractivity contribution >= 4 is 43.9 Å². The number of fused-ring (bicyclic) bond motifs is 6. The predicted octanol–water partition coefficient (Wildman–Crippen LogP) is 15.3. The maximum Gasteiger partial charge on any atom is 0.164 e. The van der Waals surface area contributed by atoms with E-state index in [9.17, 15) is 0 Å². The molecule has 5 heteroatoms. The Hall–Kier alpha value is -8.41. The molecule has 3 aromatic heterocycles. The van der Waals surface area contributed by atoms with Gasteiger partial charge in [0.05, 0.1) is 0 Å². The van der Waals surface area contributed by atoms with E-state index in [0.29, 0.717) is 17.5 Å². The van der Waals surface area contributed by atoms with Gasteiger partial charge in [-0.2, -0.15) is 0 Å². The highest BCUT2D eigenvalue weighted by Crippen LogP contribution is 2.45. The molecule has 0 aliphatic rings. The summed E-state index contributed by atoms with van der Waals surface area (Å²) in [7, 11) is 0. The minimum atomic E-state index is 0.594. The Labute approximate surface area is 357 Å². The van der Waals surface area contributed by atoms with Crippen LogP contribution >= 0.6 is 0 Å². The SMILES string of the molecule is c1ccc(-c2cc(-c3ccccc3)cc(-c3nc(-c4ccccc4)nc(-c4ccc(-c5ccc(-c6cccc7oc8ccccc8c67)c6c5oc5ccccc56)cc4)n3)c2)cc1. The number of para-hydroxylation sites is 2. The van der Waals surface area contributed by atoms with E-state index in [-0.39, 0.29) is 0 Å². The fraction of sp³-hybridized carbons (Fsp3) is 0. The number of hydrogen-bond acceptors (Lipinski definition) is 5. The minimum Gasteiger partial charge on any atom is -0.456 e. The van der Waals surface area contributed by atoms with Crippen molar-refractivity contribution in [1.29, 1.82) is 0 Å². The highest BCUT2D eigenvalue weighted by Gasteiger charge is 2.21. The third-order valence-electron chi connectivity index (χ3n) is 11.7. The molecule has 0 aliphatic heterocycles. The van der Waals surface area contributed by atoms with Crippen molar-refractivity contribution in [3.8, 4) is 78.7 Å². The summed E-state index contributed by atoms with van der Waals surface area (Å²) in [6.45, 7) is 0. The first-order valence-corrected chi connectivity index (χ1v) is 20.8. The van der Waals surface area contributed by atoms with Crippen LogP contribution in [-0.2, 0) is 0 Å². The first-order valence-electron chi connectivity index (χ1n) is 20.8. The number of rotatable bonds is 7. The monoisotopic (exact) mass is 793 g/mol. The molecule has 290 valence electrons. The molecule has 0 aliphatic carbocycles. The third-order valence-corrected chi connectivity index (χ3v) is 11.7. The molecular formula is C57H35N3O2. The van der Waals surface area contributed by atoms with Gasteiger partial charge in [0.15, 0.2) is 17.5 Å². The second-order valence-corrected chi connectivity index (χ2v) is 15.5. The van der Waals surface area contributed by atoms with Crippen molar-refractivity contribution in [3.05, 3.63) is 212 Å². The van der Waals surface area contributed by atoms with Crippen molar-refractivity contribution in [2.45, 2.75) is 0 Å². The van der Waals surface area contributed by atoms with Crippen molar-refractivity contribution in [1.82, 2.24) is 15.0 Å². The van der Waals surface area contributed by atoms with Crippen LogP contribution in [0.2, 0.25) is 0 Å². The molecule has 5 nitrogen and oxygen atoms in total. The molecule has 12 aromatic rings. The molecular weight excluding hydrogens is 759 g/mol. The molecule has 0 spiro atoms. The lowest BCUT2D eigenvalue weighted by Crippen LogP contribution is -2.00. The Morgan fingerprint density at radius 1 is 0.258 bits per heavy atom. The second kappa shape index (κ2) is 14.7. The molecule has 0 saturated heterocycles. The van der Waals surface area contributed by atoms with E-state index >= 15 is 0 Å². The summed E-state index contributed by atoms with van der Waals surface area (Å²) in [6, 6.07) is 73.3. The van der Waals surface area contributed by atoms with Crippen LogP contribution in [0.15, 0.2) is 221 Å². The number of benzene rings is 9. The molecule has 0 atom stereocenters. The van der Waals surface area contributed by atoms with Crippen molar-refractivity contribution in [3.63, 3.8) is 0 Å². The third kappa shape index (κ3) is 6.14. The Balaban J connectivity index is 0.996. The summed E-state index contributed by atoms with van der Waals surface area (Å²) in [4.78, 5) is 15.4. The molecule has 3 heterocycles. The molecule has 0 unspecified atom stereocenters. The van der Waals surface area contributed by atoms with Crippen molar-refractivity contribution in [2.24, 2.45) is 0 Å². The fourth-order valence-electron chi connectivity index (χ4n) is 8.78. The normalized spacial score (nSPS) is 11.5. The van der Waals surface area contributed by atoms with Gasteiger partial charge in [0.2, 0.25) is 0 Å². The lowest BCUT2D eigenvalue weighted by Gasteiger charge is -2.13. The maximum atomic E-state index is 6.75. The molecule has 0 fully saturated rings. The Morgan fingerprint density at radius 2 is 0.694 bits per heavy atom. The first kappa shape index (κ1) is 35.5. The molecule has 9 aromatic carbocycles. The highest BCUT2D eigenvalue weighted by molar-refractivity contribution is 6.21. The summed E-state index contributed by atoms with van der Waals surface area (Å²) >= 11 is 0. The second-order valence-electron chi connectivity index (χ2n) is 15.5. The zero-order valence-electron chi connectivity index (χ0n) is 33.4. The molecule has 12 rings (SSSR count). The molecule has 0 radical (unpaired) electrons. The van der Waals surface area contributed by atoms with Gasteiger partial charge in [-0.1, -0.05) is 170 Å². The summed E-state index contributed by atoms with van der Waals surface area (Å²) < 4.78 is 13.1. The average molecular weight is 794 g/mol. The average Bonchev–Trinajstić information content (AvgIpc) is 3.94. The zero-order chi connectivity index (χ0) is 41.0. The van der Waals surface area contributed by atoms with Gasteiger partial charge in [0.1, 0.15) is 22.3 Å². The van der Waals surface area contributed by atoms with Gasteiger partial charge in [-0.05, 0) is 81.4 Å². The van der Waals surface area contributed by atoms with Crippen LogP contribution < -0.4 is 0 Å². The van der Waals surface area contributed by atoms with Crippen LogP contribution in [0.5, 0.6) is 0 Å². The molecule has 62 heavy (non-hydrogen) atoms. The van der Waals surface area contributed by atoms with Crippen LogP contribution in [0, 0.1) is 0 Å². The zero-order valence-corrected chi connectivity index (χ0v) is 33.4. The first-order chi connectivity index (χ1) is 30.7.